The molecule has 3 atom stereocenters. The molecule has 1 aromatic rings. The Hall–Kier alpha value is -2.36. The number of hydrogen-bond acceptors (Lipinski definition) is 7. The second-order valence-corrected chi connectivity index (χ2v) is 6.75. The second kappa shape index (κ2) is 13.0. The Balaban J connectivity index is 0.000000396. The Kier molecular flexibility index (Phi) is 11.0. The van der Waals surface area contributed by atoms with E-state index in [4.69, 9.17) is 35.3 Å². The van der Waals surface area contributed by atoms with Crippen LogP contribution in [0.4, 0.5) is 0 Å². The predicted molar refractivity (Wildman–Crippen MR) is 105 cm³/mol. The summed E-state index contributed by atoms with van der Waals surface area (Å²) in [7, 11) is 3.30. The van der Waals surface area contributed by atoms with E-state index < -0.39 is 24.5 Å². The van der Waals surface area contributed by atoms with Gasteiger partial charge in [0.15, 0.2) is 17.6 Å². The lowest BCUT2D eigenvalue weighted by molar-refractivity contribution is -0.152. The topological polar surface area (TPSA) is 149 Å². The fraction of sp³-hybridized carbons (Fsp3) is 0.600. The fourth-order valence-electron chi connectivity index (χ4n) is 2.95. The van der Waals surface area contributed by atoms with Gasteiger partial charge in [-0.3, -0.25) is 4.79 Å². The number of carboxylic acids is 2. The Labute approximate surface area is 170 Å². The van der Waals surface area contributed by atoms with Gasteiger partial charge in [0, 0.05) is 6.04 Å². The minimum Gasteiger partial charge on any atom is -0.493 e. The summed E-state index contributed by atoms with van der Waals surface area (Å²) in [5, 5.41) is 24.1. The number of ether oxygens (including phenoxy) is 3. The summed E-state index contributed by atoms with van der Waals surface area (Å²) in [5.74, 6) is -1.33. The van der Waals surface area contributed by atoms with Crippen molar-refractivity contribution in [3.05, 3.63) is 23.8 Å². The largest absolute Gasteiger partial charge is 0.493 e. The summed E-state index contributed by atoms with van der Waals surface area (Å²) < 4.78 is 16.5. The number of aliphatic hydroxyl groups excluding tert-OH is 1. The van der Waals surface area contributed by atoms with Crippen molar-refractivity contribution in [3.63, 3.8) is 0 Å². The van der Waals surface area contributed by atoms with Crippen molar-refractivity contribution in [3.8, 4) is 11.5 Å². The first-order valence-electron chi connectivity index (χ1n) is 9.49. The Bertz CT molecular complexity index is 651. The maximum Gasteiger partial charge on any atom is 0.333 e. The molecule has 3 unspecified atom stereocenters. The van der Waals surface area contributed by atoms with Gasteiger partial charge in [0.05, 0.1) is 33.4 Å². The molecule has 1 saturated carbocycles. The SMILES string of the molecule is COc1ccc(CCOC2CCCCC2N)cc1OC.O=C(O)CC(O)C(=O)O. The molecule has 0 radical (unpaired) electrons. The minimum absolute atomic E-state index is 0.203. The highest BCUT2D eigenvalue weighted by molar-refractivity contribution is 5.79. The molecule has 9 heteroatoms. The van der Waals surface area contributed by atoms with Crippen LogP contribution in [0.1, 0.15) is 37.7 Å². The molecule has 0 aromatic heterocycles. The molecule has 1 aromatic carbocycles. The van der Waals surface area contributed by atoms with Crippen LogP contribution in [0, 0.1) is 0 Å². The molecule has 164 valence electrons. The maximum atomic E-state index is 9.72. The molecule has 5 N–H and O–H groups in total. The first kappa shape index (κ1) is 24.7. The molecule has 1 fully saturated rings. The molecule has 2 rings (SSSR count). The Morgan fingerprint density at radius 1 is 1.14 bits per heavy atom. The highest BCUT2D eigenvalue weighted by Crippen LogP contribution is 2.28. The molecule has 0 bridgehead atoms. The van der Waals surface area contributed by atoms with Crippen LogP contribution < -0.4 is 15.2 Å². The van der Waals surface area contributed by atoms with Gasteiger partial charge in [-0.2, -0.15) is 0 Å². The highest BCUT2D eigenvalue weighted by atomic mass is 16.5. The van der Waals surface area contributed by atoms with E-state index >= 15 is 0 Å². The van der Waals surface area contributed by atoms with Gasteiger partial charge in [-0.25, -0.2) is 4.79 Å². The molecule has 1 aliphatic carbocycles. The van der Waals surface area contributed by atoms with Crippen molar-refractivity contribution >= 4 is 11.9 Å². The molecule has 0 heterocycles. The number of carboxylic acid groups (broad SMARTS) is 2. The van der Waals surface area contributed by atoms with Crippen LogP contribution in [-0.4, -0.2) is 66.3 Å². The number of aliphatic hydroxyl groups is 1. The number of hydrogen-bond donors (Lipinski definition) is 4. The quantitative estimate of drug-likeness (QED) is 0.472. The molecule has 0 spiro atoms. The zero-order valence-electron chi connectivity index (χ0n) is 16.9. The number of rotatable bonds is 9. The summed E-state index contributed by atoms with van der Waals surface area (Å²) in [6.07, 6.45) is 3.18. The first-order valence-corrected chi connectivity index (χ1v) is 9.49. The van der Waals surface area contributed by atoms with E-state index in [2.05, 4.69) is 0 Å². The van der Waals surface area contributed by atoms with E-state index in [9.17, 15) is 9.59 Å². The van der Waals surface area contributed by atoms with Crippen molar-refractivity contribution in [2.45, 2.75) is 56.8 Å². The fourth-order valence-corrected chi connectivity index (χ4v) is 2.95. The second-order valence-electron chi connectivity index (χ2n) is 6.75. The standard InChI is InChI=1S/C16H25NO3.C4H6O5/c1-18-15-8-7-12(11-16(15)19-2)9-10-20-14-6-4-3-5-13(14)17;5-2(4(8)9)1-3(6)7/h7-8,11,13-14H,3-6,9-10,17H2,1-2H3;2,5H,1H2,(H,6,7)(H,8,9). The van der Waals surface area contributed by atoms with E-state index in [0.717, 1.165) is 30.8 Å². The van der Waals surface area contributed by atoms with Gasteiger partial charge in [0.1, 0.15) is 0 Å². The maximum absolute atomic E-state index is 9.72. The summed E-state index contributed by atoms with van der Waals surface area (Å²) in [5.41, 5.74) is 7.27. The average molecular weight is 413 g/mol. The molecule has 29 heavy (non-hydrogen) atoms. The molecular weight excluding hydrogens is 382 g/mol. The normalized spacial score (nSPS) is 19.4. The minimum atomic E-state index is -1.79. The summed E-state index contributed by atoms with van der Waals surface area (Å²) >= 11 is 0. The van der Waals surface area contributed by atoms with Gasteiger partial charge in [-0.15, -0.1) is 0 Å². The monoisotopic (exact) mass is 413 g/mol. The van der Waals surface area contributed by atoms with E-state index in [1.54, 1.807) is 14.2 Å². The van der Waals surface area contributed by atoms with Crippen molar-refractivity contribution in [2.75, 3.05) is 20.8 Å². The van der Waals surface area contributed by atoms with Crippen LogP contribution in [0.2, 0.25) is 0 Å². The third-order valence-corrected chi connectivity index (χ3v) is 4.58. The number of benzene rings is 1. The Morgan fingerprint density at radius 2 is 1.79 bits per heavy atom. The van der Waals surface area contributed by atoms with Gasteiger partial charge >= 0.3 is 11.9 Å². The summed E-state index contributed by atoms with van der Waals surface area (Å²) in [4.78, 5) is 19.4. The van der Waals surface area contributed by atoms with Crippen LogP contribution in [0.25, 0.3) is 0 Å². The first-order chi connectivity index (χ1) is 13.8. The number of carbonyl (C=O) groups is 2. The van der Waals surface area contributed by atoms with Crippen LogP contribution in [0.5, 0.6) is 11.5 Å². The van der Waals surface area contributed by atoms with Gasteiger partial charge in [0.25, 0.3) is 0 Å². The van der Waals surface area contributed by atoms with Crippen molar-refractivity contribution in [1.82, 2.24) is 0 Å². The van der Waals surface area contributed by atoms with E-state index in [-0.39, 0.29) is 12.1 Å². The van der Waals surface area contributed by atoms with Crippen molar-refractivity contribution in [1.29, 1.82) is 0 Å². The summed E-state index contributed by atoms with van der Waals surface area (Å²) in [6, 6.07) is 6.18. The smallest absolute Gasteiger partial charge is 0.333 e. The van der Waals surface area contributed by atoms with Crippen LogP contribution in [-0.2, 0) is 20.7 Å². The lowest BCUT2D eigenvalue weighted by Crippen LogP contribution is -2.39. The zero-order valence-corrected chi connectivity index (χ0v) is 16.9. The van der Waals surface area contributed by atoms with Crippen LogP contribution in [0.15, 0.2) is 18.2 Å². The molecule has 0 aliphatic heterocycles. The van der Waals surface area contributed by atoms with Crippen LogP contribution >= 0.6 is 0 Å². The molecular formula is C20H31NO8. The Morgan fingerprint density at radius 3 is 2.31 bits per heavy atom. The highest BCUT2D eigenvalue weighted by Gasteiger charge is 2.22. The third-order valence-electron chi connectivity index (χ3n) is 4.58. The van der Waals surface area contributed by atoms with Crippen LogP contribution in [0.3, 0.4) is 0 Å². The predicted octanol–water partition coefficient (Wildman–Crippen LogP) is 1.44. The summed E-state index contributed by atoms with van der Waals surface area (Å²) in [6.45, 7) is 0.702. The lowest BCUT2D eigenvalue weighted by Gasteiger charge is -2.28. The molecule has 1 aliphatic rings. The van der Waals surface area contributed by atoms with Crippen molar-refractivity contribution in [2.24, 2.45) is 5.73 Å². The molecule has 0 amide bonds. The van der Waals surface area contributed by atoms with E-state index in [1.807, 2.05) is 18.2 Å². The van der Waals surface area contributed by atoms with Gasteiger partial charge in [0.2, 0.25) is 0 Å². The van der Waals surface area contributed by atoms with Crippen molar-refractivity contribution < 1.29 is 39.1 Å². The molecule has 0 saturated heterocycles. The van der Waals surface area contributed by atoms with Gasteiger partial charge in [-0.05, 0) is 37.0 Å². The number of methoxy groups -OCH3 is 2. The van der Waals surface area contributed by atoms with E-state index in [0.29, 0.717) is 6.61 Å². The van der Waals surface area contributed by atoms with E-state index in [1.165, 1.54) is 18.4 Å². The van der Waals surface area contributed by atoms with Gasteiger partial charge < -0.3 is 35.3 Å². The number of nitrogens with two attached hydrogens (primary N) is 1. The number of aliphatic carboxylic acids is 2. The lowest BCUT2D eigenvalue weighted by atomic mass is 9.93. The van der Waals surface area contributed by atoms with Gasteiger partial charge in [-0.1, -0.05) is 18.9 Å². The molecule has 9 nitrogen and oxygen atoms in total. The average Bonchev–Trinajstić information content (AvgIpc) is 2.69. The third kappa shape index (κ3) is 9.12. The zero-order chi connectivity index (χ0) is 21.8.